The maximum absolute atomic E-state index is 11.5. The van der Waals surface area contributed by atoms with E-state index in [4.69, 9.17) is 0 Å². The van der Waals surface area contributed by atoms with Gasteiger partial charge in [0.05, 0.1) is 5.56 Å². The van der Waals surface area contributed by atoms with Crippen molar-refractivity contribution in [1.29, 1.82) is 0 Å². The molecule has 1 aromatic rings. The molecular formula is C12H14N2O5. The van der Waals surface area contributed by atoms with E-state index < -0.39 is 21.4 Å². The molecule has 7 heteroatoms. The summed E-state index contributed by atoms with van der Waals surface area (Å²) in [5.41, 5.74) is -1.78. The predicted octanol–water partition coefficient (Wildman–Crippen LogP) is 2.08. The predicted molar refractivity (Wildman–Crippen MR) is 66.0 cm³/mol. The zero-order valence-corrected chi connectivity index (χ0v) is 10.2. The Hall–Kier alpha value is -2.18. The van der Waals surface area contributed by atoms with Gasteiger partial charge in [0.15, 0.2) is 0 Å². The summed E-state index contributed by atoms with van der Waals surface area (Å²) in [5, 5.41) is 32.6. The highest BCUT2D eigenvalue weighted by Gasteiger charge is 2.61. The monoisotopic (exact) mass is 266 g/mol. The van der Waals surface area contributed by atoms with Crippen LogP contribution in [-0.4, -0.2) is 21.0 Å². The summed E-state index contributed by atoms with van der Waals surface area (Å²) >= 11 is 0. The Bertz CT molecular complexity index is 519. The number of nitrogens with zero attached hydrogens (tertiary/aromatic N) is 2. The Kier molecular flexibility index (Phi) is 3.37. The van der Waals surface area contributed by atoms with Crippen LogP contribution in [0.15, 0.2) is 24.3 Å². The van der Waals surface area contributed by atoms with Gasteiger partial charge in [0.2, 0.25) is 0 Å². The van der Waals surface area contributed by atoms with Gasteiger partial charge in [-0.05, 0) is 25.0 Å². The molecule has 1 aliphatic rings. The van der Waals surface area contributed by atoms with Gasteiger partial charge >= 0.3 is 5.54 Å². The molecule has 1 aromatic carbocycles. The first-order valence-electron chi connectivity index (χ1n) is 6.06. The van der Waals surface area contributed by atoms with Gasteiger partial charge in [-0.25, -0.2) is 0 Å². The molecular weight excluding hydrogens is 252 g/mol. The molecule has 0 heterocycles. The van der Waals surface area contributed by atoms with Crippen LogP contribution in [0.2, 0.25) is 0 Å². The molecule has 1 saturated carbocycles. The molecule has 1 fully saturated rings. The molecule has 1 aliphatic carbocycles. The van der Waals surface area contributed by atoms with Crippen LogP contribution in [0.25, 0.3) is 0 Å². The number of para-hydroxylation sites is 1. The van der Waals surface area contributed by atoms with Crippen LogP contribution in [0.3, 0.4) is 0 Å². The fourth-order valence-electron chi connectivity index (χ4n) is 2.88. The molecule has 2 rings (SSSR count). The minimum absolute atomic E-state index is 0.0430. The van der Waals surface area contributed by atoms with Gasteiger partial charge < -0.3 is 5.11 Å². The van der Waals surface area contributed by atoms with Crippen molar-refractivity contribution in [2.75, 3.05) is 0 Å². The number of phenols is 1. The summed E-state index contributed by atoms with van der Waals surface area (Å²) in [7, 11) is 0. The summed E-state index contributed by atoms with van der Waals surface area (Å²) < 4.78 is 0. The lowest BCUT2D eigenvalue weighted by Crippen LogP contribution is -2.52. The molecule has 0 saturated heterocycles. The van der Waals surface area contributed by atoms with Crippen molar-refractivity contribution < 1.29 is 15.0 Å². The standard InChI is InChI=1S/C12H14N2O5/c15-10-6-2-1-5-9(10)12(14(18)19)8-4-3-7-11(12)13(16)17/h1-2,5-6,11,15H,3-4,7-8H2. The topological polar surface area (TPSA) is 107 Å². The van der Waals surface area contributed by atoms with Crippen LogP contribution in [0.5, 0.6) is 5.75 Å². The summed E-state index contributed by atoms with van der Waals surface area (Å²) in [6, 6.07) is 4.51. The molecule has 0 aliphatic heterocycles. The fourth-order valence-corrected chi connectivity index (χ4v) is 2.88. The molecule has 1 N–H and O–H groups in total. The Balaban J connectivity index is 2.62. The van der Waals surface area contributed by atoms with E-state index in [0.717, 1.165) is 0 Å². The van der Waals surface area contributed by atoms with E-state index >= 15 is 0 Å². The number of aromatic hydroxyl groups is 1. The Morgan fingerprint density at radius 1 is 1.21 bits per heavy atom. The van der Waals surface area contributed by atoms with Crippen molar-refractivity contribution in [3.8, 4) is 5.75 Å². The second kappa shape index (κ2) is 4.83. The molecule has 19 heavy (non-hydrogen) atoms. The smallest absolute Gasteiger partial charge is 0.316 e. The van der Waals surface area contributed by atoms with Crippen molar-refractivity contribution in [3.63, 3.8) is 0 Å². The third-order valence-corrected chi connectivity index (χ3v) is 3.79. The van der Waals surface area contributed by atoms with Gasteiger partial charge in [0.1, 0.15) is 5.75 Å². The molecule has 0 aromatic heterocycles. The molecule has 0 amide bonds. The molecule has 7 nitrogen and oxygen atoms in total. The maximum Gasteiger partial charge on any atom is 0.316 e. The van der Waals surface area contributed by atoms with Crippen molar-refractivity contribution in [2.24, 2.45) is 0 Å². The average molecular weight is 266 g/mol. The lowest BCUT2D eigenvalue weighted by Gasteiger charge is -2.31. The van der Waals surface area contributed by atoms with Crippen molar-refractivity contribution in [2.45, 2.75) is 37.3 Å². The normalized spacial score (nSPS) is 26.8. The largest absolute Gasteiger partial charge is 0.507 e. The van der Waals surface area contributed by atoms with Crippen LogP contribution < -0.4 is 0 Å². The van der Waals surface area contributed by atoms with E-state index in [2.05, 4.69) is 0 Å². The summed E-state index contributed by atoms with van der Waals surface area (Å²) in [5.74, 6) is -0.257. The van der Waals surface area contributed by atoms with Gasteiger partial charge in [-0.1, -0.05) is 12.1 Å². The molecule has 0 bridgehead atoms. The lowest BCUT2D eigenvalue weighted by atomic mass is 9.73. The van der Waals surface area contributed by atoms with Crippen molar-refractivity contribution >= 4 is 0 Å². The van der Waals surface area contributed by atoms with E-state index in [-0.39, 0.29) is 24.2 Å². The summed E-state index contributed by atoms with van der Waals surface area (Å²) in [6.07, 6.45) is 1.36. The Morgan fingerprint density at radius 2 is 1.89 bits per heavy atom. The number of benzene rings is 1. The first-order chi connectivity index (χ1) is 9.00. The number of hydrogen-bond donors (Lipinski definition) is 1. The maximum atomic E-state index is 11.5. The highest BCUT2D eigenvalue weighted by Crippen LogP contribution is 2.44. The number of phenolic OH excluding ortho intramolecular Hbond substituents is 1. The lowest BCUT2D eigenvalue weighted by molar-refractivity contribution is -0.666. The third kappa shape index (κ3) is 2.00. The zero-order chi connectivity index (χ0) is 14.0. The van der Waals surface area contributed by atoms with Gasteiger partial charge in [-0.3, -0.25) is 20.2 Å². The van der Waals surface area contributed by atoms with E-state index in [1.54, 1.807) is 6.07 Å². The van der Waals surface area contributed by atoms with Gasteiger partial charge in [0, 0.05) is 22.7 Å². The quantitative estimate of drug-likeness (QED) is 0.665. The van der Waals surface area contributed by atoms with E-state index in [9.17, 15) is 25.3 Å². The summed E-state index contributed by atoms with van der Waals surface area (Å²) in [6.45, 7) is 0. The third-order valence-electron chi connectivity index (χ3n) is 3.79. The van der Waals surface area contributed by atoms with Gasteiger partial charge in [0.25, 0.3) is 6.04 Å². The van der Waals surface area contributed by atoms with Crippen LogP contribution in [0.4, 0.5) is 0 Å². The fraction of sp³-hybridized carbons (Fsp3) is 0.500. The summed E-state index contributed by atoms with van der Waals surface area (Å²) in [4.78, 5) is 21.5. The molecule has 2 unspecified atom stereocenters. The minimum atomic E-state index is -1.83. The first kappa shape index (κ1) is 13.3. The van der Waals surface area contributed by atoms with Crippen LogP contribution in [0.1, 0.15) is 31.2 Å². The highest BCUT2D eigenvalue weighted by molar-refractivity contribution is 5.38. The first-order valence-corrected chi connectivity index (χ1v) is 6.06. The van der Waals surface area contributed by atoms with Crippen molar-refractivity contribution in [3.05, 3.63) is 50.1 Å². The SMILES string of the molecule is O=[N+]([O-])C1CCCCC1(c1ccccc1O)[N+](=O)[O-]. The van der Waals surface area contributed by atoms with Crippen molar-refractivity contribution in [1.82, 2.24) is 0 Å². The Labute approximate surface area is 109 Å². The molecule has 0 spiro atoms. The van der Waals surface area contributed by atoms with Gasteiger partial charge in [-0.2, -0.15) is 0 Å². The number of nitro groups is 2. The molecule has 102 valence electrons. The number of hydrogen-bond acceptors (Lipinski definition) is 5. The van der Waals surface area contributed by atoms with Crippen LogP contribution in [-0.2, 0) is 5.54 Å². The molecule has 0 radical (unpaired) electrons. The molecule has 2 atom stereocenters. The van der Waals surface area contributed by atoms with E-state index in [1.165, 1.54) is 18.2 Å². The van der Waals surface area contributed by atoms with E-state index in [0.29, 0.717) is 12.8 Å². The zero-order valence-electron chi connectivity index (χ0n) is 10.2. The second-order valence-corrected chi connectivity index (χ2v) is 4.75. The van der Waals surface area contributed by atoms with Gasteiger partial charge in [-0.15, -0.1) is 0 Å². The minimum Gasteiger partial charge on any atom is -0.507 e. The Morgan fingerprint density at radius 3 is 2.47 bits per heavy atom. The second-order valence-electron chi connectivity index (χ2n) is 4.75. The average Bonchev–Trinajstić information content (AvgIpc) is 2.38. The van der Waals surface area contributed by atoms with Crippen LogP contribution in [0, 0.1) is 20.2 Å². The van der Waals surface area contributed by atoms with Crippen LogP contribution >= 0.6 is 0 Å². The number of rotatable bonds is 3. The van der Waals surface area contributed by atoms with E-state index in [1.807, 2.05) is 0 Å². The highest BCUT2D eigenvalue weighted by atomic mass is 16.6.